The fraction of sp³-hybridized carbons (Fsp3) is 0.429. The van der Waals surface area contributed by atoms with Gasteiger partial charge in [0.15, 0.2) is 0 Å². The van der Waals surface area contributed by atoms with Gasteiger partial charge in [-0.2, -0.15) is 0 Å². The van der Waals surface area contributed by atoms with Gasteiger partial charge in [-0.1, -0.05) is 73.3 Å². The molecular weight excluding hydrogens is 316 g/mol. The summed E-state index contributed by atoms with van der Waals surface area (Å²) in [5.41, 5.74) is 8.62. The van der Waals surface area contributed by atoms with E-state index in [-0.39, 0.29) is 6.04 Å². The molecule has 128 valence electrons. The van der Waals surface area contributed by atoms with Gasteiger partial charge in [0.2, 0.25) is 0 Å². The van der Waals surface area contributed by atoms with Crippen molar-refractivity contribution in [2.45, 2.75) is 44.2 Å². The SMILES string of the molecule is NCCN(C1CCCCC1)C(c1ccccc1)c1ccc(Cl)cc1. The number of nitrogens with two attached hydrogens (primary N) is 1. The van der Waals surface area contributed by atoms with E-state index in [1.165, 1.54) is 43.2 Å². The molecule has 0 radical (unpaired) electrons. The Morgan fingerprint density at radius 1 is 0.917 bits per heavy atom. The summed E-state index contributed by atoms with van der Waals surface area (Å²) in [6.07, 6.45) is 6.57. The Labute approximate surface area is 150 Å². The van der Waals surface area contributed by atoms with Crippen molar-refractivity contribution in [2.75, 3.05) is 13.1 Å². The van der Waals surface area contributed by atoms with Gasteiger partial charge in [-0.3, -0.25) is 4.90 Å². The van der Waals surface area contributed by atoms with Crippen molar-refractivity contribution < 1.29 is 0 Å². The number of halogens is 1. The summed E-state index contributed by atoms with van der Waals surface area (Å²) in [5.74, 6) is 0. The first-order valence-corrected chi connectivity index (χ1v) is 9.43. The lowest BCUT2D eigenvalue weighted by atomic mass is 9.89. The van der Waals surface area contributed by atoms with Crippen molar-refractivity contribution in [3.8, 4) is 0 Å². The molecule has 2 aromatic carbocycles. The van der Waals surface area contributed by atoms with Crippen LogP contribution in [0.25, 0.3) is 0 Å². The van der Waals surface area contributed by atoms with Crippen LogP contribution in [0.4, 0.5) is 0 Å². The Bertz CT molecular complexity index is 605. The molecule has 0 spiro atoms. The highest BCUT2D eigenvalue weighted by Crippen LogP contribution is 2.34. The van der Waals surface area contributed by atoms with Gasteiger partial charge < -0.3 is 5.73 Å². The maximum atomic E-state index is 6.12. The van der Waals surface area contributed by atoms with Crippen molar-refractivity contribution in [1.29, 1.82) is 0 Å². The van der Waals surface area contributed by atoms with Crippen LogP contribution in [0.3, 0.4) is 0 Å². The normalized spacial score (nSPS) is 17.1. The molecule has 1 aliphatic rings. The van der Waals surface area contributed by atoms with Crippen molar-refractivity contribution in [1.82, 2.24) is 4.90 Å². The zero-order chi connectivity index (χ0) is 16.8. The summed E-state index contributed by atoms with van der Waals surface area (Å²) in [6.45, 7) is 1.61. The molecule has 0 aromatic heterocycles. The molecule has 1 saturated carbocycles. The summed E-state index contributed by atoms with van der Waals surface area (Å²) < 4.78 is 0. The largest absolute Gasteiger partial charge is 0.329 e. The van der Waals surface area contributed by atoms with Crippen LogP contribution < -0.4 is 5.73 Å². The second-order valence-corrected chi connectivity index (χ2v) is 7.12. The van der Waals surface area contributed by atoms with Crippen LogP contribution in [0.5, 0.6) is 0 Å². The van der Waals surface area contributed by atoms with Crippen LogP contribution in [-0.2, 0) is 0 Å². The average molecular weight is 343 g/mol. The average Bonchev–Trinajstić information content (AvgIpc) is 2.64. The van der Waals surface area contributed by atoms with Crippen molar-refractivity contribution in [3.05, 3.63) is 70.7 Å². The molecule has 1 fully saturated rings. The second kappa shape index (κ2) is 8.66. The smallest absolute Gasteiger partial charge is 0.0604 e. The lowest BCUT2D eigenvalue weighted by Crippen LogP contribution is -2.43. The van der Waals surface area contributed by atoms with Crippen LogP contribution in [0.15, 0.2) is 54.6 Å². The zero-order valence-electron chi connectivity index (χ0n) is 14.2. The van der Waals surface area contributed by atoms with Crippen molar-refractivity contribution in [2.24, 2.45) is 5.73 Å². The molecule has 0 saturated heterocycles. The molecule has 2 N–H and O–H groups in total. The van der Waals surface area contributed by atoms with Gasteiger partial charge in [-0.25, -0.2) is 0 Å². The summed E-state index contributed by atoms with van der Waals surface area (Å²) in [5, 5.41) is 0.786. The predicted octanol–water partition coefficient (Wildman–Crippen LogP) is 5.02. The third kappa shape index (κ3) is 4.18. The second-order valence-electron chi connectivity index (χ2n) is 6.68. The van der Waals surface area contributed by atoms with Crippen LogP contribution in [-0.4, -0.2) is 24.0 Å². The summed E-state index contributed by atoms with van der Waals surface area (Å²) in [4.78, 5) is 2.62. The minimum Gasteiger partial charge on any atom is -0.329 e. The summed E-state index contributed by atoms with van der Waals surface area (Å²) in [6, 6.07) is 20.0. The molecule has 0 aliphatic heterocycles. The lowest BCUT2D eigenvalue weighted by Gasteiger charge is -2.40. The fourth-order valence-corrected chi connectivity index (χ4v) is 4.07. The minimum atomic E-state index is 0.245. The summed E-state index contributed by atoms with van der Waals surface area (Å²) in [7, 11) is 0. The van der Waals surface area contributed by atoms with Gasteiger partial charge in [0.1, 0.15) is 0 Å². The predicted molar refractivity (Wildman–Crippen MR) is 102 cm³/mol. The number of hydrogen-bond donors (Lipinski definition) is 1. The van der Waals surface area contributed by atoms with Crippen LogP contribution >= 0.6 is 11.6 Å². The Balaban J connectivity index is 1.98. The van der Waals surface area contributed by atoms with Crippen molar-refractivity contribution >= 4 is 11.6 Å². The first kappa shape index (κ1) is 17.5. The molecular formula is C21H27ClN2. The molecule has 3 rings (SSSR count). The van der Waals surface area contributed by atoms with E-state index in [0.717, 1.165) is 11.6 Å². The maximum absolute atomic E-state index is 6.12. The van der Waals surface area contributed by atoms with E-state index in [2.05, 4.69) is 47.4 Å². The first-order chi connectivity index (χ1) is 11.8. The minimum absolute atomic E-state index is 0.245. The molecule has 0 amide bonds. The number of hydrogen-bond acceptors (Lipinski definition) is 2. The van der Waals surface area contributed by atoms with Crippen LogP contribution in [0.2, 0.25) is 5.02 Å². The van der Waals surface area contributed by atoms with Crippen molar-refractivity contribution in [3.63, 3.8) is 0 Å². The topological polar surface area (TPSA) is 29.3 Å². The molecule has 0 bridgehead atoms. The summed E-state index contributed by atoms with van der Waals surface area (Å²) >= 11 is 6.12. The quantitative estimate of drug-likeness (QED) is 0.798. The van der Waals surface area contributed by atoms with E-state index < -0.39 is 0 Å². The Kier molecular flexibility index (Phi) is 6.30. The van der Waals surface area contributed by atoms with Gasteiger partial charge in [0.25, 0.3) is 0 Å². The molecule has 1 atom stereocenters. The highest BCUT2D eigenvalue weighted by Gasteiger charge is 2.29. The third-order valence-corrected chi connectivity index (χ3v) is 5.32. The Hall–Kier alpha value is -1.35. The number of nitrogens with zero attached hydrogens (tertiary/aromatic N) is 1. The van der Waals surface area contributed by atoms with E-state index >= 15 is 0 Å². The van der Waals surface area contributed by atoms with Gasteiger partial charge >= 0.3 is 0 Å². The zero-order valence-corrected chi connectivity index (χ0v) is 15.0. The van der Waals surface area contributed by atoms with E-state index in [1.807, 2.05) is 12.1 Å². The fourth-order valence-electron chi connectivity index (χ4n) is 3.94. The highest BCUT2D eigenvalue weighted by atomic mass is 35.5. The molecule has 2 nitrogen and oxygen atoms in total. The number of benzene rings is 2. The number of rotatable bonds is 6. The van der Waals surface area contributed by atoms with E-state index in [4.69, 9.17) is 17.3 Å². The van der Waals surface area contributed by atoms with Gasteiger partial charge in [0.05, 0.1) is 6.04 Å². The van der Waals surface area contributed by atoms with Gasteiger partial charge in [-0.05, 0) is 36.1 Å². The molecule has 0 heterocycles. The molecule has 24 heavy (non-hydrogen) atoms. The Morgan fingerprint density at radius 3 is 2.17 bits per heavy atom. The van der Waals surface area contributed by atoms with Gasteiger partial charge in [-0.15, -0.1) is 0 Å². The molecule has 1 unspecified atom stereocenters. The molecule has 1 aliphatic carbocycles. The Morgan fingerprint density at radius 2 is 1.54 bits per heavy atom. The standard InChI is InChI=1S/C21H27ClN2/c22-19-13-11-18(12-14-19)21(17-7-3-1-4-8-17)24(16-15-23)20-9-5-2-6-10-20/h1,3-4,7-8,11-14,20-21H,2,5-6,9-10,15-16,23H2. The molecule has 3 heteroatoms. The van der Waals surface area contributed by atoms with Crippen LogP contribution in [0.1, 0.15) is 49.3 Å². The van der Waals surface area contributed by atoms with E-state index in [1.54, 1.807) is 0 Å². The maximum Gasteiger partial charge on any atom is 0.0604 e. The van der Waals surface area contributed by atoms with Crippen LogP contribution in [0, 0.1) is 0 Å². The molecule has 2 aromatic rings. The van der Waals surface area contributed by atoms with Gasteiger partial charge in [0, 0.05) is 24.2 Å². The van der Waals surface area contributed by atoms with E-state index in [0.29, 0.717) is 12.6 Å². The third-order valence-electron chi connectivity index (χ3n) is 5.06. The van der Waals surface area contributed by atoms with E-state index in [9.17, 15) is 0 Å². The monoisotopic (exact) mass is 342 g/mol. The first-order valence-electron chi connectivity index (χ1n) is 9.06. The lowest BCUT2D eigenvalue weighted by molar-refractivity contribution is 0.126. The highest BCUT2D eigenvalue weighted by molar-refractivity contribution is 6.30.